The monoisotopic (exact) mass is 586 g/mol. The molecule has 226 valence electrons. The van der Waals surface area contributed by atoms with E-state index in [1.54, 1.807) is 26.0 Å². The van der Waals surface area contributed by atoms with Crippen molar-refractivity contribution in [1.82, 2.24) is 4.90 Å². The van der Waals surface area contributed by atoms with E-state index in [0.717, 1.165) is 12.8 Å². The molecule has 1 unspecified atom stereocenters. The molecule has 1 amide bonds. The van der Waals surface area contributed by atoms with Crippen molar-refractivity contribution in [1.29, 1.82) is 0 Å². The molecule has 0 saturated heterocycles. The molecule has 1 aliphatic rings. The van der Waals surface area contributed by atoms with Gasteiger partial charge in [-0.05, 0) is 75.8 Å². The molecule has 0 fully saturated rings. The molecule has 0 saturated carbocycles. The standard InChI is InChI=1S/C32H46N2O6S/c1-6-9-10-11-12-13-14-15-22-39-24-16-18-25(19-17-24)41(37,38)26-20-21-28-27(23-26)33-31(36)29(40-28)30(35)32(4,5)34(7-2)8-3/h16-21,23,29H,6-15,22H2,1-5H3,(H,33,36). The smallest absolute Gasteiger partial charge is 0.273 e. The number of sulfone groups is 1. The summed E-state index contributed by atoms with van der Waals surface area (Å²) in [5.74, 6) is -0.0932. The summed E-state index contributed by atoms with van der Waals surface area (Å²) in [5.41, 5.74) is -0.693. The van der Waals surface area contributed by atoms with Gasteiger partial charge in [-0.15, -0.1) is 0 Å². The minimum Gasteiger partial charge on any atom is -0.494 e. The summed E-state index contributed by atoms with van der Waals surface area (Å²) in [6.45, 7) is 11.6. The fraction of sp³-hybridized carbons (Fsp3) is 0.562. The van der Waals surface area contributed by atoms with Crippen molar-refractivity contribution >= 4 is 27.2 Å². The van der Waals surface area contributed by atoms with Gasteiger partial charge in [-0.1, -0.05) is 65.7 Å². The molecule has 0 bridgehead atoms. The highest BCUT2D eigenvalue weighted by atomic mass is 32.2. The number of nitrogens with one attached hydrogen (secondary N) is 1. The minimum absolute atomic E-state index is 0.0148. The van der Waals surface area contributed by atoms with Crippen LogP contribution in [0.1, 0.15) is 86.0 Å². The van der Waals surface area contributed by atoms with E-state index in [1.807, 2.05) is 18.7 Å². The number of hydrogen-bond donors (Lipinski definition) is 1. The van der Waals surface area contributed by atoms with Crippen LogP contribution >= 0.6 is 0 Å². The fourth-order valence-corrected chi connectivity index (χ4v) is 6.48. The number of ether oxygens (including phenoxy) is 2. The number of fused-ring (bicyclic) bond motifs is 1. The van der Waals surface area contributed by atoms with Crippen LogP contribution in [-0.4, -0.2) is 56.3 Å². The van der Waals surface area contributed by atoms with Gasteiger partial charge in [-0.25, -0.2) is 8.42 Å². The highest BCUT2D eigenvalue weighted by Crippen LogP contribution is 2.35. The lowest BCUT2D eigenvalue weighted by atomic mass is 9.91. The van der Waals surface area contributed by atoms with E-state index >= 15 is 0 Å². The van der Waals surface area contributed by atoms with Gasteiger partial charge in [0.1, 0.15) is 11.5 Å². The number of hydrogen-bond acceptors (Lipinski definition) is 7. The van der Waals surface area contributed by atoms with Gasteiger partial charge >= 0.3 is 0 Å². The Morgan fingerprint density at radius 3 is 2.10 bits per heavy atom. The number of carbonyl (C=O) groups is 2. The highest BCUT2D eigenvalue weighted by molar-refractivity contribution is 7.91. The van der Waals surface area contributed by atoms with Gasteiger partial charge in [0.25, 0.3) is 5.91 Å². The van der Waals surface area contributed by atoms with Crippen molar-refractivity contribution in [3.05, 3.63) is 42.5 Å². The summed E-state index contributed by atoms with van der Waals surface area (Å²) in [7, 11) is -3.86. The normalized spacial score (nSPS) is 15.3. The Balaban J connectivity index is 1.61. The Morgan fingerprint density at radius 1 is 0.902 bits per heavy atom. The average molecular weight is 587 g/mol. The van der Waals surface area contributed by atoms with Gasteiger partial charge in [-0.2, -0.15) is 0 Å². The van der Waals surface area contributed by atoms with E-state index in [9.17, 15) is 18.0 Å². The molecule has 1 aliphatic heterocycles. The number of likely N-dealkylation sites (N-methyl/N-ethyl adjacent to an activating group) is 1. The van der Waals surface area contributed by atoms with Gasteiger partial charge in [0.15, 0.2) is 0 Å². The molecule has 1 atom stereocenters. The van der Waals surface area contributed by atoms with E-state index in [0.29, 0.717) is 25.4 Å². The quantitative estimate of drug-likeness (QED) is 0.168. The SMILES string of the molecule is CCCCCCCCCCOc1ccc(S(=O)(=O)c2ccc3c(c2)NC(=O)C(C(=O)C(C)(C)N(CC)CC)O3)cc1. The Hall–Kier alpha value is -2.91. The lowest BCUT2D eigenvalue weighted by molar-refractivity contribution is -0.143. The molecule has 1 heterocycles. The van der Waals surface area contributed by atoms with Crippen LogP contribution in [0.25, 0.3) is 0 Å². The zero-order chi connectivity index (χ0) is 30.0. The second-order valence-corrected chi connectivity index (χ2v) is 13.0. The van der Waals surface area contributed by atoms with Gasteiger partial charge in [0, 0.05) is 0 Å². The second-order valence-electron chi connectivity index (χ2n) is 11.0. The van der Waals surface area contributed by atoms with Crippen molar-refractivity contribution in [3.8, 4) is 11.5 Å². The summed E-state index contributed by atoms with van der Waals surface area (Å²) in [5, 5.41) is 2.67. The van der Waals surface area contributed by atoms with E-state index < -0.39 is 27.4 Å². The number of benzene rings is 2. The van der Waals surface area contributed by atoms with E-state index in [2.05, 4.69) is 12.2 Å². The largest absolute Gasteiger partial charge is 0.494 e. The van der Waals surface area contributed by atoms with Crippen molar-refractivity contribution in [2.24, 2.45) is 0 Å². The van der Waals surface area contributed by atoms with Crippen LogP contribution in [0.2, 0.25) is 0 Å². The molecule has 0 radical (unpaired) electrons. The Kier molecular flexibility index (Phi) is 11.8. The zero-order valence-electron chi connectivity index (χ0n) is 25.2. The first-order valence-corrected chi connectivity index (χ1v) is 16.4. The van der Waals surface area contributed by atoms with Crippen molar-refractivity contribution < 1.29 is 27.5 Å². The van der Waals surface area contributed by atoms with E-state index in [1.165, 1.54) is 68.9 Å². The third-order valence-corrected chi connectivity index (χ3v) is 9.57. The molecule has 8 nitrogen and oxygen atoms in total. The fourth-order valence-electron chi connectivity index (χ4n) is 5.20. The van der Waals surface area contributed by atoms with Crippen LogP contribution < -0.4 is 14.8 Å². The first-order chi connectivity index (χ1) is 19.6. The molecule has 0 spiro atoms. The molecule has 9 heteroatoms. The van der Waals surface area contributed by atoms with Crippen molar-refractivity contribution in [2.45, 2.75) is 107 Å². The minimum atomic E-state index is -3.86. The Labute approximate surface area is 245 Å². The maximum absolute atomic E-state index is 13.3. The number of rotatable bonds is 17. The summed E-state index contributed by atoms with van der Waals surface area (Å²) in [6.07, 6.45) is 8.42. The van der Waals surface area contributed by atoms with Gasteiger partial charge in [-0.3, -0.25) is 14.5 Å². The molecule has 0 aromatic heterocycles. The van der Waals surface area contributed by atoms with Crippen LogP contribution in [0.15, 0.2) is 52.3 Å². The lowest BCUT2D eigenvalue weighted by Gasteiger charge is -2.38. The molecule has 3 rings (SSSR count). The highest BCUT2D eigenvalue weighted by Gasteiger charge is 2.44. The Morgan fingerprint density at radius 2 is 1.49 bits per heavy atom. The first kappa shape index (κ1) is 32.6. The molecular weight excluding hydrogens is 540 g/mol. The molecule has 2 aromatic rings. The average Bonchev–Trinajstić information content (AvgIpc) is 2.96. The topological polar surface area (TPSA) is 102 Å². The van der Waals surface area contributed by atoms with E-state index in [-0.39, 0.29) is 27.0 Å². The molecule has 1 N–H and O–H groups in total. The maximum atomic E-state index is 13.3. The van der Waals surface area contributed by atoms with Crippen molar-refractivity contribution in [3.63, 3.8) is 0 Å². The van der Waals surface area contributed by atoms with Crippen LogP contribution in [0, 0.1) is 0 Å². The number of carbonyl (C=O) groups excluding carboxylic acids is 2. The third kappa shape index (κ3) is 8.10. The van der Waals surface area contributed by atoms with Crippen molar-refractivity contribution in [2.75, 3.05) is 25.0 Å². The number of nitrogens with zero attached hydrogens (tertiary/aromatic N) is 1. The molecule has 2 aromatic carbocycles. The second kappa shape index (κ2) is 14.8. The van der Waals surface area contributed by atoms with Crippen LogP contribution in [-0.2, 0) is 19.4 Å². The summed E-state index contributed by atoms with van der Waals surface area (Å²) in [6, 6.07) is 10.6. The summed E-state index contributed by atoms with van der Waals surface area (Å²) < 4.78 is 38.3. The number of amides is 1. The summed E-state index contributed by atoms with van der Waals surface area (Å²) in [4.78, 5) is 28.2. The predicted octanol–water partition coefficient (Wildman–Crippen LogP) is 6.43. The van der Waals surface area contributed by atoms with E-state index in [4.69, 9.17) is 9.47 Å². The van der Waals surface area contributed by atoms with Gasteiger partial charge in [0.05, 0.1) is 27.6 Å². The van der Waals surface area contributed by atoms with Crippen LogP contribution in [0.3, 0.4) is 0 Å². The molecule has 41 heavy (non-hydrogen) atoms. The summed E-state index contributed by atoms with van der Waals surface area (Å²) >= 11 is 0. The zero-order valence-corrected chi connectivity index (χ0v) is 26.0. The Bertz CT molecular complexity index is 1270. The number of Topliss-reactive ketones (excluding diaryl/α,β-unsaturated/α-hetero) is 1. The number of anilines is 1. The predicted molar refractivity (Wildman–Crippen MR) is 161 cm³/mol. The van der Waals surface area contributed by atoms with Gasteiger partial charge < -0.3 is 14.8 Å². The third-order valence-electron chi connectivity index (χ3n) is 7.80. The lowest BCUT2D eigenvalue weighted by Crippen LogP contribution is -2.58. The number of ketones is 1. The molecular formula is C32H46N2O6S. The molecule has 0 aliphatic carbocycles. The van der Waals surface area contributed by atoms with Crippen LogP contribution in [0.5, 0.6) is 11.5 Å². The maximum Gasteiger partial charge on any atom is 0.273 e. The number of unbranched alkanes of at least 4 members (excludes halogenated alkanes) is 7. The first-order valence-electron chi connectivity index (χ1n) is 14.9. The van der Waals surface area contributed by atoms with Gasteiger partial charge in [0.2, 0.25) is 21.7 Å². The van der Waals surface area contributed by atoms with Crippen LogP contribution in [0.4, 0.5) is 5.69 Å².